The lowest BCUT2D eigenvalue weighted by Crippen LogP contribution is -2.14. The number of rotatable bonds is 2. The van der Waals surface area contributed by atoms with Crippen molar-refractivity contribution in [1.29, 1.82) is 0 Å². The van der Waals surface area contributed by atoms with Crippen molar-refractivity contribution in [1.82, 2.24) is 14.5 Å². The van der Waals surface area contributed by atoms with Crippen LogP contribution in [0.1, 0.15) is 45.2 Å². The van der Waals surface area contributed by atoms with E-state index in [1.54, 1.807) is 19.3 Å². The Morgan fingerprint density at radius 3 is 3.05 bits per heavy atom. The Balaban J connectivity index is 1.75. The highest BCUT2D eigenvalue weighted by Crippen LogP contribution is 2.32. The standard InChI is InChI=1S/C17H19N3O2/c1-20-8-7-14-12(17(20)21)9-15(22-14)13-10-18-16(19-13)11-5-3-2-4-6-11/h7-11H,2-6H2,1H3,(H,18,19)/i7D. The molecule has 0 bridgehead atoms. The average molecular weight is 298 g/mol. The minimum absolute atomic E-state index is 0.155. The van der Waals surface area contributed by atoms with Crippen LogP contribution in [-0.4, -0.2) is 14.5 Å². The van der Waals surface area contributed by atoms with Crippen molar-refractivity contribution in [3.8, 4) is 11.5 Å². The Kier molecular flexibility index (Phi) is 2.88. The van der Waals surface area contributed by atoms with Gasteiger partial charge >= 0.3 is 0 Å². The van der Waals surface area contributed by atoms with E-state index in [1.165, 1.54) is 42.9 Å². The summed E-state index contributed by atoms with van der Waals surface area (Å²) in [6, 6.07) is 1.91. The number of hydrogen-bond acceptors (Lipinski definition) is 3. The fraction of sp³-hybridized carbons (Fsp3) is 0.412. The number of aromatic amines is 1. The highest BCUT2D eigenvalue weighted by Gasteiger charge is 2.19. The van der Waals surface area contributed by atoms with Crippen molar-refractivity contribution in [2.45, 2.75) is 38.0 Å². The summed E-state index contributed by atoms with van der Waals surface area (Å²) in [6.07, 6.45) is 9.39. The van der Waals surface area contributed by atoms with Gasteiger partial charge in [-0.3, -0.25) is 4.79 Å². The molecule has 0 unspecified atom stereocenters. The molecule has 0 amide bonds. The molecule has 0 aromatic carbocycles. The number of nitrogens with zero attached hydrogens (tertiary/aromatic N) is 2. The maximum Gasteiger partial charge on any atom is 0.261 e. The number of aromatic nitrogens is 3. The van der Waals surface area contributed by atoms with E-state index < -0.39 is 0 Å². The van der Waals surface area contributed by atoms with E-state index in [9.17, 15) is 4.79 Å². The van der Waals surface area contributed by atoms with Gasteiger partial charge in [0.15, 0.2) is 5.76 Å². The summed E-state index contributed by atoms with van der Waals surface area (Å²) in [5, 5.41) is 0.434. The fourth-order valence-electron chi connectivity index (χ4n) is 3.24. The molecule has 0 spiro atoms. The van der Waals surface area contributed by atoms with Crippen molar-refractivity contribution in [3.63, 3.8) is 0 Å². The van der Waals surface area contributed by atoms with Crippen molar-refractivity contribution in [2.75, 3.05) is 0 Å². The number of H-pyrrole nitrogens is 1. The van der Waals surface area contributed by atoms with Gasteiger partial charge in [-0.1, -0.05) is 19.3 Å². The molecule has 3 aromatic heterocycles. The lowest BCUT2D eigenvalue weighted by molar-refractivity contribution is 0.431. The summed E-state index contributed by atoms with van der Waals surface area (Å²) in [6.45, 7) is 0. The van der Waals surface area contributed by atoms with Gasteiger partial charge in [0.25, 0.3) is 5.56 Å². The van der Waals surface area contributed by atoms with E-state index in [-0.39, 0.29) is 11.6 Å². The molecule has 5 nitrogen and oxygen atoms in total. The Morgan fingerprint density at radius 1 is 1.41 bits per heavy atom. The molecule has 1 aliphatic rings. The topological polar surface area (TPSA) is 63.8 Å². The van der Waals surface area contributed by atoms with Crippen LogP contribution in [-0.2, 0) is 7.05 Å². The third-order valence-corrected chi connectivity index (χ3v) is 4.52. The first kappa shape index (κ1) is 12.3. The van der Waals surface area contributed by atoms with Crippen LogP contribution in [0.3, 0.4) is 0 Å². The predicted octanol–water partition coefficient (Wildman–Crippen LogP) is 3.57. The molecule has 22 heavy (non-hydrogen) atoms. The van der Waals surface area contributed by atoms with Gasteiger partial charge in [-0.05, 0) is 25.0 Å². The van der Waals surface area contributed by atoms with Crippen LogP contribution in [0.5, 0.6) is 0 Å². The predicted molar refractivity (Wildman–Crippen MR) is 84.9 cm³/mol. The van der Waals surface area contributed by atoms with Gasteiger partial charge in [0.1, 0.15) is 17.1 Å². The molecule has 3 heterocycles. The Hall–Kier alpha value is -2.30. The summed E-state index contributed by atoms with van der Waals surface area (Å²) in [4.78, 5) is 20.0. The summed E-state index contributed by atoms with van der Waals surface area (Å²) in [5.41, 5.74) is 0.943. The largest absolute Gasteiger partial charge is 0.454 e. The van der Waals surface area contributed by atoms with Gasteiger partial charge in [0.05, 0.1) is 13.0 Å². The number of hydrogen-bond donors (Lipinski definition) is 1. The van der Waals surface area contributed by atoms with Gasteiger partial charge in [-0.25, -0.2) is 4.98 Å². The minimum atomic E-state index is -0.155. The molecule has 0 atom stereocenters. The number of pyridine rings is 1. The molecule has 1 aliphatic carbocycles. The van der Waals surface area contributed by atoms with Gasteiger partial charge in [0.2, 0.25) is 0 Å². The third kappa shape index (κ3) is 2.17. The molecule has 0 aliphatic heterocycles. The first-order valence-corrected chi connectivity index (χ1v) is 7.78. The molecule has 0 radical (unpaired) electrons. The zero-order valence-corrected chi connectivity index (χ0v) is 12.6. The molecule has 1 saturated carbocycles. The molecule has 114 valence electrons. The lowest BCUT2D eigenvalue weighted by atomic mass is 9.89. The summed E-state index contributed by atoms with van der Waals surface area (Å²) < 4.78 is 15.1. The zero-order valence-electron chi connectivity index (χ0n) is 13.6. The molecular formula is C17H19N3O2. The minimum Gasteiger partial charge on any atom is -0.454 e. The van der Waals surface area contributed by atoms with E-state index in [0.717, 1.165) is 11.5 Å². The second-order valence-corrected chi connectivity index (χ2v) is 6.06. The first-order chi connectivity index (χ1) is 11.1. The first-order valence-electron chi connectivity index (χ1n) is 8.28. The van der Waals surface area contributed by atoms with Crippen molar-refractivity contribution in [3.05, 3.63) is 40.7 Å². The van der Waals surface area contributed by atoms with Gasteiger partial charge < -0.3 is 14.0 Å². The number of nitrogens with one attached hydrogen (secondary N) is 1. The van der Waals surface area contributed by atoms with Gasteiger partial charge in [-0.2, -0.15) is 0 Å². The monoisotopic (exact) mass is 298 g/mol. The Morgan fingerprint density at radius 2 is 2.23 bits per heavy atom. The number of fused-ring (bicyclic) bond motifs is 1. The molecule has 1 fully saturated rings. The van der Waals surface area contributed by atoms with Crippen LogP contribution in [0.25, 0.3) is 22.4 Å². The average Bonchev–Trinajstić information content (AvgIpc) is 3.21. The number of aryl methyl sites for hydroxylation is 1. The quantitative estimate of drug-likeness (QED) is 0.786. The maximum absolute atomic E-state index is 12.2. The molecule has 1 N–H and O–H groups in total. The summed E-state index contributed by atoms with van der Waals surface area (Å²) >= 11 is 0. The number of furan rings is 1. The maximum atomic E-state index is 12.2. The van der Waals surface area contributed by atoms with E-state index >= 15 is 0 Å². The molecule has 5 heteroatoms. The number of imidazole rings is 1. The third-order valence-electron chi connectivity index (χ3n) is 4.52. The second kappa shape index (κ2) is 5.16. The van der Waals surface area contributed by atoms with Gasteiger partial charge in [-0.15, -0.1) is 0 Å². The smallest absolute Gasteiger partial charge is 0.261 e. The SMILES string of the molecule is [2H]c1cn(C)c(=O)c2cc(-c3cnc(C4CCCCC4)[nH]3)oc12. The summed E-state index contributed by atoms with van der Waals surface area (Å²) in [5.74, 6) is 2.05. The molecule has 3 aromatic rings. The highest BCUT2D eigenvalue weighted by atomic mass is 16.3. The van der Waals surface area contributed by atoms with Gasteiger partial charge in [0, 0.05) is 19.2 Å². The van der Waals surface area contributed by atoms with Crippen LogP contribution in [0, 0.1) is 0 Å². The van der Waals surface area contributed by atoms with Crippen molar-refractivity contribution in [2.24, 2.45) is 7.05 Å². The van der Waals surface area contributed by atoms with E-state index in [1.807, 2.05) is 0 Å². The summed E-state index contributed by atoms with van der Waals surface area (Å²) in [7, 11) is 1.64. The van der Waals surface area contributed by atoms with E-state index in [2.05, 4.69) is 9.97 Å². The van der Waals surface area contributed by atoms with Crippen LogP contribution < -0.4 is 5.56 Å². The van der Waals surface area contributed by atoms with Crippen molar-refractivity contribution >= 4 is 11.0 Å². The second-order valence-electron chi connectivity index (χ2n) is 6.06. The van der Waals surface area contributed by atoms with Crippen LogP contribution in [0.4, 0.5) is 0 Å². The lowest BCUT2D eigenvalue weighted by Gasteiger charge is -2.19. The molecule has 0 saturated heterocycles. The fourth-order valence-corrected chi connectivity index (χ4v) is 3.24. The molecule has 4 rings (SSSR count). The van der Waals surface area contributed by atoms with Crippen LogP contribution >= 0.6 is 0 Å². The Labute approximate surface area is 129 Å². The zero-order chi connectivity index (χ0) is 16.0. The van der Waals surface area contributed by atoms with E-state index in [0.29, 0.717) is 22.6 Å². The van der Waals surface area contributed by atoms with Crippen LogP contribution in [0.2, 0.25) is 0 Å². The van der Waals surface area contributed by atoms with Crippen LogP contribution in [0.15, 0.2) is 33.7 Å². The van der Waals surface area contributed by atoms with Crippen molar-refractivity contribution < 1.29 is 5.79 Å². The Bertz CT molecular complexity index is 916. The van der Waals surface area contributed by atoms with E-state index in [4.69, 9.17) is 5.79 Å². The molecular weight excluding hydrogens is 278 g/mol. The highest BCUT2D eigenvalue weighted by molar-refractivity contribution is 5.81. The normalized spacial score (nSPS) is 17.0.